The average Bonchev–Trinajstić information content (AvgIpc) is 3.15. The topological polar surface area (TPSA) is 127 Å². The van der Waals surface area contributed by atoms with E-state index in [1.807, 2.05) is 6.07 Å². The predicted octanol–water partition coefficient (Wildman–Crippen LogP) is 1.56. The summed E-state index contributed by atoms with van der Waals surface area (Å²) in [4.78, 5) is 15.3. The number of hydrogen-bond acceptors (Lipinski definition) is 9. The van der Waals surface area contributed by atoms with Crippen LogP contribution in [0.5, 0.6) is 0 Å². The Morgan fingerprint density at radius 1 is 1.22 bits per heavy atom. The van der Waals surface area contributed by atoms with Crippen molar-refractivity contribution in [2.45, 2.75) is 19.0 Å². The molecule has 0 amide bonds. The molecule has 10 nitrogen and oxygen atoms in total. The summed E-state index contributed by atoms with van der Waals surface area (Å²) in [6.07, 6.45) is 0.162. The van der Waals surface area contributed by atoms with E-state index in [-0.39, 0.29) is 18.2 Å². The molecule has 0 radical (unpaired) electrons. The maximum absolute atomic E-state index is 14.3. The number of aliphatic hydroxyl groups excluding tert-OH is 1. The van der Waals surface area contributed by atoms with E-state index < -0.39 is 12.5 Å². The lowest BCUT2D eigenvalue weighted by Crippen LogP contribution is -2.58. The molecule has 0 aliphatic carbocycles. The van der Waals surface area contributed by atoms with Crippen molar-refractivity contribution in [3.8, 4) is 11.5 Å². The fourth-order valence-electron chi connectivity index (χ4n) is 4.14. The summed E-state index contributed by atoms with van der Waals surface area (Å²) in [6, 6.07) is 10.2. The van der Waals surface area contributed by atoms with E-state index in [2.05, 4.69) is 25.4 Å². The van der Waals surface area contributed by atoms with Crippen LogP contribution in [0.2, 0.25) is 0 Å². The number of aliphatic hydroxyl groups is 1. The van der Waals surface area contributed by atoms with E-state index in [9.17, 15) is 9.50 Å². The van der Waals surface area contributed by atoms with E-state index in [1.54, 1.807) is 40.0 Å². The first-order valence-electron chi connectivity index (χ1n) is 10.2. The minimum absolute atomic E-state index is 0.200. The van der Waals surface area contributed by atoms with Crippen LogP contribution in [-0.2, 0) is 11.3 Å². The summed E-state index contributed by atoms with van der Waals surface area (Å²) in [5, 5.41) is 19.0. The smallest absolute Gasteiger partial charge is 0.184 e. The van der Waals surface area contributed by atoms with Crippen molar-refractivity contribution in [1.82, 2.24) is 24.7 Å². The van der Waals surface area contributed by atoms with E-state index in [4.69, 9.17) is 10.5 Å². The van der Waals surface area contributed by atoms with Gasteiger partial charge < -0.3 is 25.8 Å². The number of halogens is 1. The number of hydrogen-bond donors (Lipinski definition) is 3. The van der Waals surface area contributed by atoms with Gasteiger partial charge in [0.05, 0.1) is 18.5 Å². The molecule has 1 aromatic carbocycles. The third-order valence-corrected chi connectivity index (χ3v) is 5.69. The number of nitrogen functional groups attached to an aromatic ring is 1. The van der Waals surface area contributed by atoms with E-state index in [0.29, 0.717) is 52.8 Å². The zero-order chi connectivity index (χ0) is 21.8. The van der Waals surface area contributed by atoms with Gasteiger partial charge in [0.1, 0.15) is 17.2 Å². The monoisotopic (exact) mass is 434 g/mol. The summed E-state index contributed by atoms with van der Waals surface area (Å²) in [5.41, 5.74) is 8.30. The maximum Gasteiger partial charge on any atom is 0.184 e. The summed E-state index contributed by atoms with van der Waals surface area (Å²) in [7, 11) is 0. The molecule has 4 aromatic rings. The van der Waals surface area contributed by atoms with Crippen molar-refractivity contribution in [1.29, 1.82) is 0 Å². The second-order valence-corrected chi connectivity index (χ2v) is 7.65. The Hall–Kier alpha value is -3.83. The number of benzene rings is 1. The van der Waals surface area contributed by atoms with Crippen molar-refractivity contribution >= 4 is 28.4 Å². The molecule has 11 heteroatoms. The number of aromatic nitrogens is 5. The molecule has 32 heavy (non-hydrogen) atoms. The van der Waals surface area contributed by atoms with Gasteiger partial charge in [-0.15, -0.1) is 0 Å². The number of morpholine rings is 1. The molecular weight excluding hydrogens is 415 g/mol. The highest BCUT2D eigenvalue weighted by Gasteiger charge is 2.39. The number of ether oxygens (including phenoxy) is 1. The summed E-state index contributed by atoms with van der Waals surface area (Å²) in [5.74, 6) is 0.689. The Bertz CT molecular complexity index is 1340. The molecule has 162 valence electrons. The molecule has 2 atom stereocenters. The molecular formula is C21H19FN8O2. The molecule has 3 aromatic heterocycles. The maximum atomic E-state index is 14.3. The Morgan fingerprint density at radius 2 is 2.09 bits per heavy atom. The van der Waals surface area contributed by atoms with Gasteiger partial charge in [0.25, 0.3) is 0 Å². The van der Waals surface area contributed by atoms with E-state index in [1.165, 1.54) is 6.07 Å². The zero-order valence-corrected chi connectivity index (χ0v) is 16.8. The zero-order valence-electron chi connectivity index (χ0n) is 16.8. The third-order valence-electron chi connectivity index (χ3n) is 5.69. The van der Waals surface area contributed by atoms with E-state index >= 15 is 0 Å². The first kappa shape index (κ1) is 18.9. The molecule has 6 rings (SSSR count). The minimum atomic E-state index is -0.893. The molecule has 2 aliphatic rings. The second-order valence-electron chi connectivity index (χ2n) is 7.65. The van der Waals surface area contributed by atoms with Crippen LogP contribution >= 0.6 is 0 Å². The predicted molar refractivity (Wildman–Crippen MR) is 115 cm³/mol. The van der Waals surface area contributed by atoms with Crippen molar-refractivity contribution in [2.24, 2.45) is 0 Å². The summed E-state index contributed by atoms with van der Waals surface area (Å²) >= 11 is 0. The second kappa shape index (κ2) is 7.11. The molecule has 0 spiro atoms. The minimum Gasteiger partial charge on any atom is -0.382 e. The summed E-state index contributed by atoms with van der Waals surface area (Å²) < 4.78 is 21.4. The highest BCUT2D eigenvalue weighted by Crippen LogP contribution is 2.39. The SMILES string of the molecule is Nc1nc(-c2nn(Cc3ccccc3F)c3ncccc23)nc2c1N[C@H]1OCCN2[C@H]1O. The number of pyridine rings is 1. The van der Waals surface area contributed by atoms with Crippen LogP contribution < -0.4 is 16.0 Å². The quantitative estimate of drug-likeness (QED) is 0.440. The third kappa shape index (κ3) is 2.86. The van der Waals surface area contributed by atoms with Crippen LogP contribution in [0.15, 0.2) is 42.6 Å². The molecule has 1 saturated heterocycles. The van der Waals surface area contributed by atoms with Crippen LogP contribution in [0.4, 0.5) is 21.7 Å². The molecule has 4 N–H and O–H groups in total. The Morgan fingerprint density at radius 3 is 2.97 bits per heavy atom. The lowest BCUT2D eigenvalue weighted by molar-refractivity contribution is -0.0516. The van der Waals surface area contributed by atoms with Gasteiger partial charge in [0, 0.05) is 18.3 Å². The number of rotatable bonds is 3. The lowest BCUT2D eigenvalue weighted by atomic mass is 10.2. The first-order chi connectivity index (χ1) is 15.6. The Kier molecular flexibility index (Phi) is 4.20. The average molecular weight is 434 g/mol. The number of nitrogens with one attached hydrogen (secondary N) is 1. The number of nitrogens with two attached hydrogens (primary N) is 1. The molecule has 1 fully saturated rings. The van der Waals surface area contributed by atoms with Gasteiger partial charge in [0.15, 0.2) is 35.6 Å². The fraction of sp³-hybridized carbons (Fsp3) is 0.238. The lowest BCUT2D eigenvalue weighted by Gasteiger charge is -2.44. The van der Waals surface area contributed by atoms with Gasteiger partial charge in [-0.25, -0.2) is 24.0 Å². The standard InChI is InChI=1S/C21H19FN8O2/c22-13-6-2-1-4-11(13)10-30-18-12(5-3-7-24-18)14(28-30)17-26-16(23)15-19(27-17)29-8-9-32-20(25-15)21(29)31/h1-7,20-21,25,31H,8-10H2,(H2,23,26,27)/t20-,21-/m0/s1. The van der Waals surface area contributed by atoms with Gasteiger partial charge in [-0.2, -0.15) is 5.10 Å². The van der Waals surface area contributed by atoms with Crippen molar-refractivity contribution in [3.63, 3.8) is 0 Å². The molecule has 2 aliphatic heterocycles. The molecule has 5 heterocycles. The van der Waals surface area contributed by atoms with Crippen molar-refractivity contribution < 1.29 is 14.2 Å². The van der Waals surface area contributed by atoms with Gasteiger partial charge in [-0.1, -0.05) is 18.2 Å². The van der Waals surface area contributed by atoms with Crippen LogP contribution in [0.3, 0.4) is 0 Å². The van der Waals surface area contributed by atoms with Crippen LogP contribution in [-0.4, -0.2) is 55.4 Å². The fourth-order valence-corrected chi connectivity index (χ4v) is 4.14. The van der Waals surface area contributed by atoms with Crippen LogP contribution in [0, 0.1) is 5.82 Å². The molecule has 2 bridgehead atoms. The Labute approximate surface area is 181 Å². The summed E-state index contributed by atoms with van der Waals surface area (Å²) in [6.45, 7) is 1.11. The normalized spacial score (nSPS) is 19.6. The van der Waals surface area contributed by atoms with Crippen molar-refractivity contribution in [3.05, 3.63) is 54.0 Å². The number of fused-ring (bicyclic) bond motifs is 5. The molecule has 0 unspecified atom stereocenters. The number of nitrogens with zero attached hydrogens (tertiary/aromatic N) is 6. The van der Waals surface area contributed by atoms with Crippen molar-refractivity contribution in [2.75, 3.05) is 29.1 Å². The van der Waals surface area contributed by atoms with Gasteiger partial charge in [0.2, 0.25) is 0 Å². The van der Waals surface area contributed by atoms with Crippen LogP contribution in [0.25, 0.3) is 22.6 Å². The van der Waals surface area contributed by atoms with Gasteiger partial charge in [-0.3, -0.25) is 0 Å². The Balaban J connectivity index is 1.49. The highest BCUT2D eigenvalue weighted by molar-refractivity contribution is 5.91. The van der Waals surface area contributed by atoms with Crippen LogP contribution in [0.1, 0.15) is 5.56 Å². The van der Waals surface area contributed by atoms with E-state index in [0.717, 1.165) is 0 Å². The van der Waals surface area contributed by atoms with Gasteiger partial charge in [-0.05, 0) is 18.2 Å². The van der Waals surface area contributed by atoms with Gasteiger partial charge >= 0.3 is 0 Å². The first-order valence-corrected chi connectivity index (χ1v) is 10.2. The number of anilines is 3. The largest absolute Gasteiger partial charge is 0.382 e. The highest BCUT2D eigenvalue weighted by atomic mass is 19.1. The molecule has 0 saturated carbocycles.